The average Bonchev–Trinajstić information content (AvgIpc) is 2.37. The summed E-state index contributed by atoms with van der Waals surface area (Å²) in [6.07, 6.45) is 2.22. The van der Waals surface area contributed by atoms with Crippen LogP contribution >= 0.6 is 15.9 Å². The van der Waals surface area contributed by atoms with Crippen molar-refractivity contribution in [1.29, 1.82) is 0 Å². The maximum Gasteiger partial charge on any atom is 0.260 e. The van der Waals surface area contributed by atoms with Crippen LogP contribution in [-0.2, 0) is 4.79 Å². The van der Waals surface area contributed by atoms with E-state index in [-0.39, 0.29) is 18.3 Å². The van der Waals surface area contributed by atoms with E-state index in [0.717, 1.165) is 19.5 Å². The molecule has 5 heteroatoms. The second-order valence-corrected chi connectivity index (χ2v) is 5.80. The van der Waals surface area contributed by atoms with E-state index in [2.05, 4.69) is 22.9 Å². The van der Waals surface area contributed by atoms with Crippen molar-refractivity contribution in [3.8, 4) is 5.75 Å². The van der Waals surface area contributed by atoms with E-state index in [9.17, 15) is 9.18 Å². The van der Waals surface area contributed by atoms with E-state index in [1.54, 1.807) is 0 Å². The first-order valence-corrected chi connectivity index (χ1v) is 7.21. The van der Waals surface area contributed by atoms with Gasteiger partial charge in [-0.2, -0.15) is 0 Å². The number of halogens is 2. The fraction of sp³-hybridized carbons (Fsp3) is 0.500. The maximum atomic E-state index is 12.9. The lowest BCUT2D eigenvalue weighted by Gasteiger charge is -2.30. The van der Waals surface area contributed by atoms with Crippen LogP contribution in [0.4, 0.5) is 4.39 Å². The van der Waals surface area contributed by atoms with Crippen molar-refractivity contribution in [1.82, 2.24) is 4.90 Å². The highest BCUT2D eigenvalue weighted by Crippen LogP contribution is 2.25. The summed E-state index contributed by atoms with van der Waals surface area (Å²) >= 11 is 3.21. The Morgan fingerprint density at radius 2 is 2.37 bits per heavy atom. The summed E-state index contributed by atoms with van der Waals surface area (Å²) in [7, 11) is 0. The molecule has 3 nitrogen and oxygen atoms in total. The maximum absolute atomic E-state index is 12.9. The van der Waals surface area contributed by atoms with Gasteiger partial charge < -0.3 is 9.64 Å². The minimum Gasteiger partial charge on any atom is -0.483 e. The molecule has 1 amide bonds. The smallest absolute Gasteiger partial charge is 0.260 e. The van der Waals surface area contributed by atoms with Gasteiger partial charge in [0.1, 0.15) is 11.6 Å². The van der Waals surface area contributed by atoms with Crippen LogP contribution in [0.2, 0.25) is 0 Å². The highest BCUT2D eigenvalue weighted by atomic mass is 79.9. The summed E-state index contributed by atoms with van der Waals surface area (Å²) in [6.45, 7) is 3.75. The number of piperidine rings is 1. The number of ether oxygens (including phenoxy) is 1. The van der Waals surface area contributed by atoms with Gasteiger partial charge in [0, 0.05) is 13.1 Å². The first kappa shape index (κ1) is 14.3. The predicted molar refractivity (Wildman–Crippen MR) is 74.6 cm³/mol. The summed E-state index contributed by atoms with van der Waals surface area (Å²) < 4.78 is 18.9. The second kappa shape index (κ2) is 6.37. The molecule has 1 aromatic carbocycles. The third-order valence-electron chi connectivity index (χ3n) is 3.25. The molecule has 1 aromatic rings. The number of carbonyl (C=O) groups is 1. The zero-order valence-corrected chi connectivity index (χ0v) is 12.5. The number of rotatable bonds is 3. The summed E-state index contributed by atoms with van der Waals surface area (Å²) in [5.41, 5.74) is 0. The number of benzene rings is 1. The predicted octanol–water partition coefficient (Wildman–Crippen LogP) is 3.23. The van der Waals surface area contributed by atoms with Gasteiger partial charge in [-0.1, -0.05) is 6.92 Å². The molecule has 1 atom stereocenters. The summed E-state index contributed by atoms with van der Waals surface area (Å²) in [4.78, 5) is 13.8. The first-order valence-electron chi connectivity index (χ1n) is 6.42. The third-order valence-corrected chi connectivity index (χ3v) is 3.87. The second-order valence-electron chi connectivity index (χ2n) is 4.95. The highest BCUT2D eigenvalue weighted by Gasteiger charge is 2.21. The molecule has 1 aliphatic heterocycles. The number of hydrogen-bond donors (Lipinski definition) is 0. The normalized spacial score (nSPS) is 19.3. The molecule has 0 aromatic heterocycles. The van der Waals surface area contributed by atoms with Crippen LogP contribution < -0.4 is 4.74 Å². The van der Waals surface area contributed by atoms with Gasteiger partial charge in [0.2, 0.25) is 0 Å². The lowest BCUT2D eigenvalue weighted by molar-refractivity contribution is -0.135. The molecule has 2 rings (SSSR count). The van der Waals surface area contributed by atoms with Crippen molar-refractivity contribution < 1.29 is 13.9 Å². The van der Waals surface area contributed by atoms with Gasteiger partial charge in [-0.05, 0) is 52.9 Å². The van der Waals surface area contributed by atoms with Gasteiger partial charge in [0.05, 0.1) is 4.47 Å². The minimum atomic E-state index is -0.338. The van der Waals surface area contributed by atoms with Crippen LogP contribution in [0.3, 0.4) is 0 Å². The summed E-state index contributed by atoms with van der Waals surface area (Å²) in [5, 5.41) is 0. The molecule has 0 N–H and O–H groups in total. The van der Waals surface area contributed by atoms with Gasteiger partial charge >= 0.3 is 0 Å². The molecule has 0 saturated carbocycles. The monoisotopic (exact) mass is 329 g/mol. The van der Waals surface area contributed by atoms with Crippen molar-refractivity contribution in [2.45, 2.75) is 19.8 Å². The molecule has 1 fully saturated rings. The Morgan fingerprint density at radius 3 is 3.05 bits per heavy atom. The number of hydrogen-bond acceptors (Lipinski definition) is 2. The van der Waals surface area contributed by atoms with Crippen LogP contribution in [0.5, 0.6) is 5.75 Å². The van der Waals surface area contributed by atoms with E-state index >= 15 is 0 Å². The summed E-state index contributed by atoms with van der Waals surface area (Å²) in [6, 6.07) is 4.15. The molecule has 0 aliphatic carbocycles. The average molecular weight is 330 g/mol. The topological polar surface area (TPSA) is 29.5 Å². The Labute approximate surface area is 120 Å². The van der Waals surface area contributed by atoms with Gasteiger partial charge in [-0.3, -0.25) is 4.79 Å². The minimum absolute atomic E-state index is 0.00302. The van der Waals surface area contributed by atoms with Gasteiger partial charge in [0.15, 0.2) is 6.61 Å². The van der Waals surface area contributed by atoms with Crippen LogP contribution in [0.25, 0.3) is 0 Å². The molecule has 0 spiro atoms. The third kappa shape index (κ3) is 3.93. The van der Waals surface area contributed by atoms with Crippen molar-refractivity contribution in [3.05, 3.63) is 28.5 Å². The van der Waals surface area contributed by atoms with Crippen LogP contribution in [-0.4, -0.2) is 30.5 Å². The van der Waals surface area contributed by atoms with E-state index in [1.807, 2.05) is 4.90 Å². The highest BCUT2D eigenvalue weighted by molar-refractivity contribution is 9.10. The van der Waals surface area contributed by atoms with E-state index in [1.165, 1.54) is 24.6 Å². The van der Waals surface area contributed by atoms with E-state index in [4.69, 9.17) is 4.74 Å². The Kier molecular flexibility index (Phi) is 4.80. The first-order chi connectivity index (χ1) is 9.06. The standard InChI is InChI=1S/C14H17BrFNO2/c1-10-3-2-6-17(8-10)14(18)9-19-13-5-4-11(16)7-12(13)15/h4-5,7,10H,2-3,6,8-9H2,1H3. The van der Waals surface area contributed by atoms with E-state index < -0.39 is 0 Å². The number of amides is 1. The van der Waals surface area contributed by atoms with Gasteiger partial charge in [-0.25, -0.2) is 4.39 Å². The molecule has 19 heavy (non-hydrogen) atoms. The van der Waals surface area contributed by atoms with Gasteiger partial charge in [0.25, 0.3) is 5.91 Å². The fourth-order valence-corrected chi connectivity index (χ4v) is 2.70. The molecule has 1 heterocycles. The van der Waals surface area contributed by atoms with Crippen molar-refractivity contribution in [3.63, 3.8) is 0 Å². The fourth-order valence-electron chi connectivity index (χ4n) is 2.24. The van der Waals surface area contributed by atoms with Crippen molar-refractivity contribution >= 4 is 21.8 Å². The van der Waals surface area contributed by atoms with Crippen LogP contribution in [0.15, 0.2) is 22.7 Å². The zero-order valence-electron chi connectivity index (χ0n) is 10.9. The van der Waals surface area contributed by atoms with Gasteiger partial charge in [-0.15, -0.1) is 0 Å². The van der Waals surface area contributed by atoms with Crippen LogP contribution in [0.1, 0.15) is 19.8 Å². The van der Waals surface area contributed by atoms with E-state index in [0.29, 0.717) is 16.1 Å². The number of likely N-dealkylation sites (tertiary alicyclic amines) is 1. The van der Waals surface area contributed by atoms with Crippen molar-refractivity contribution in [2.24, 2.45) is 5.92 Å². The number of carbonyl (C=O) groups excluding carboxylic acids is 1. The quantitative estimate of drug-likeness (QED) is 0.852. The SMILES string of the molecule is CC1CCCN(C(=O)COc2ccc(F)cc2Br)C1. The lowest BCUT2D eigenvalue weighted by atomic mass is 10.0. The molecule has 1 unspecified atom stereocenters. The Balaban J connectivity index is 1.89. The Hall–Kier alpha value is -1.10. The molecule has 1 aliphatic rings. The molecule has 0 radical (unpaired) electrons. The number of nitrogens with zero attached hydrogens (tertiary/aromatic N) is 1. The molecule has 1 saturated heterocycles. The Bertz CT molecular complexity index is 467. The zero-order chi connectivity index (χ0) is 13.8. The molecule has 0 bridgehead atoms. The lowest BCUT2D eigenvalue weighted by Crippen LogP contribution is -2.41. The van der Waals surface area contributed by atoms with Crippen molar-refractivity contribution in [2.75, 3.05) is 19.7 Å². The molecular formula is C14H17BrFNO2. The summed E-state index contributed by atoms with van der Waals surface area (Å²) in [5.74, 6) is 0.688. The van der Waals surface area contributed by atoms with Crippen LogP contribution in [0, 0.1) is 11.7 Å². The molecular weight excluding hydrogens is 313 g/mol. The Morgan fingerprint density at radius 1 is 1.58 bits per heavy atom. The molecule has 104 valence electrons. The largest absolute Gasteiger partial charge is 0.483 e.